The number of hydrogen-bond donors (Lipinski definition) is 1. The van der Waals surface area contributed by atoms with Crippen LogP contribution in [0.3, 0.4) is 0 Å². The van der Waals surface area contributed by atoms with Gasteiger partial charge in [0.1, 0.15) is 0 Å². The molecule has 1 aliphatic heterocycles. The Balaban J connectivity index is 1.97. The normalized spacial score (nSPS) is 27.4. The van der Waals surface area contributed by atoms with Crippen LogP contribution < -0.4 is 4.90 Å². The van der Waals surface area contributed by atoms with Gasteiger partial charge in [-0.05, 0) is 31.2 Å². The van der Waals surface area contributed by atoms with Crippen LogP contribution in [0.25, 0.3) is 0 Å². The summed E-state index contributed by atoms with van der Waals surface area (Å²) in [4.78, 5) is 17.4. The molecule has 4 nitrogen and oxygen atoms in total. The predicted molar refractivity (Wildman–Crippen MR) is 59.7 cm³/mol. The second-order valence-electron chi connectivity index (χ2n) is 4.68. The third-order valence-corrected chi connectivity index (χ3v) is 3.75. The molecule has 2 bridgehead atoms. The van der Waals surface area contributed by atoms with E-state index in [1.165, 1.54) is 19.3 Å². The van der Waals surface area contributed by atoms with Crippen molar-refractivity contribution in [3.05, 3.63) is 24.0 Å². The van der Waals surface area contributed by atoms with Gasteiger partial charge < -0.3 is 10.0 Å². The van der Waals surface area contributed by atoms with Crippen LogP contribution in [0.1, 0.15) is 29.6 Å². The molecule has 4 heteroatoms. The zero-order valence-corrected chi connectivity index (χ0v) is 8.97. The number of carbonyl (C=O) groups is 1. The number of piperidine rings is 1. The Morgan fingerprint density at radius 3 is 3.00 bits per heavy atom. The Bertz CT molecular complexity index is 433. The van der Waals surface area contributed by atoms with Crippen LogP contribution in [0.2, 0.25) is 0 Å². The molecule has 2 unspecified atom stereocenters. The van der Waals surface area contributed by atoms with E-state index in [-0.39, 0.29) is 0 Å². The number of anilines is 1. The van der Waals surface area contributed by atoms with Crippen molar-refractivity contribution in [2.24, 2.45) is 5.92 Å². The van der Waals surface area contributed by atoms with Crippen LogP contribution in [-0.4, -0.2) is 28.6 Å². The summed E-state index contributed by atoms with van der Waals surface area (Å²) in [6, 6.07) is 2.12. The molecule has 3 rings (SSSR count). The van der Waals surface area contributed by atoms with Crippen molar-refractivity contribution in [1.82, 2.24) is 4.98 Å². The van der Waals surface area contributed by atoms with Gasteiger partial charge in [0, 0.05) is 18.8 Å². The lowest BCUT2D eigenvalue weighted by molar-refractivity contribution is 0.0697. The smallest absolute Gasteiger partial charge is 0.337 e. The highest BCUT2D eigenvalue weighted by Crippen LogP contribution is 2.40. The summed E-state index contributed by atoms with van der Waals surface area (Å²) in [5.74, 6) is -0.105. The number of aromatic carboxylic acids is 1. The summed E-state index contributed by atoms with van der Waals surface area (Å²) in [6.45, 7) is 0.997. The van der Waals surface area contributed by atoms with Gasteiger partial charge in [-0.15, -0.1) is 0 Å². The maximum absolute atomic E-state index is 11.1. The molecule has 0 radical (unpaired) electrons. The first-order valence-electron chi connectivity index (χ1n) is 5.69. The lowest BCUT2D eigenvalue weighted by Crippen LogP contribution is -2.33. The Morgan fingerprint density at radius 2 is 2.38 bits per heavy atom. The van der Waals surface area contributed by atoms with E-state index in [9.17, 15) is 4.79 Å². The predicted octanol–water partition coefficient (Wildman–Crippen LogP) is 1.77. The molecule has 1 aromatic heterocycles. The molecule has 1 aliphatic carbocycles. The molecule has 84 valence electrons. The Kier molecular flexibility index (Phi) is 2.09. The number of rotatable bonds is 2. The molecule has 0 aromatic carbocycles. The number of nitrogens with zero attached hydrogens (tertiary/aromatic N) is 2. The molecule has 1 saturated carbocycles. The second kappa shape index (κ2) is 3.47. The van der Waals surface area contributed by atoms with Gasteiger partial charge in [0.2, 0.25) is 0 Å². The van der Waals surface area contributed by atoms with Crippen molar-refractivity contribution in [3.8, 4) is 0 Å². The van der Waals surface area contributed by atoms with Gasteiger partial charge >= 0.3 is 5.97 Å². The van der Waals surface area contributed by atoms with Gasteiger partial charge in [-0.25, -0.2) is 4.79 Å². The SMILES string of the molecule is O=C(O)c1ccncc1N1CC2CCC1C2. The number of pyridine rings is 1. The highest BCUT2D eigenvalue weighted by atomic mass is 16.4. The summed E-state index contributed by atoms with van der Waals surface area (Å²) < 4.78 is 0. The number of hydrogen-bond acceptors (Lipinski definition) is 3. The van der Waals surface area contributed by atoms with E-state index in [2.05, 4.69) is 9.88 Å². The summed E-state index contributed by atoms with van der Waals surface area (Å²) in [7, 11) is 0. The number of carboxylic acids is 1. The largest absolute Gasteiger partial charge is 0.478 e. The van der Waals surface area contributed by atoms with Crippen molar-refractivity contribution >= 4 is 11.7 Å². The molecule has 1 N–H and O–H groups in total. The van der Waals surface area contributed by atoms with Crippen molar-refractivity contribution in [2.75, 3.05) is 11.4 Å². The number of aromatic nitrogens is 1. The molecule has 1 saturated heterocycles. The average Bonchev–Trinajstić information content (AvgIpc) is 2.90. The van der Waals surface area contributed by atoms with Gasteiger partial charge in [-0.3, -0.25) is 4.98 Å². The zero-order valence-electron chi connectivity index (χ0n) is 8.97. The Hall–Kier alpha value is -1.58. The third-order valence-electron chi connectivity index (χ3n) is 3.75. The summed E-state index contributed by atoms with van der Waals surface area (Å²) in [6.07, 6.45) is 6.93. The van der Waals surface area contributed by atoms with Crippen molar-refractivity contribution in [2.45, 2.75) is 25.3 Å². The summed E-state index contributed by atoms with van der Waals surface area (Å²) in [5.41, 5.74) is 1.17. The molecule has 2 atom stereocenters. The summed E-state index contributed by atoms with van der Waals surface area (Å²) in [5, 5.41) is 9.14. The lowest BCUT2D eigenvalue weighted by Gasteiger charge is -2.29. The molecule has 2 aliphatic rings. The van der Waals surface area contributed by atoms with E-state index in [0.29, 0.717) is 11.6 Å². The maximum Gasteiger partial charge on any atom is 0.337 e. The molecular formula is C12H14N2O2. The van der Waals surface area contributed by atoms with E-state index in [0.717, 1.165) is 18.2 Å². The Morgan fingerprint density at radius 1 is 1.50 bits per heavy atom. The van der Waals surface area contributed by atoms with Gasteiger partial charge in [-0.1, -0.05) is 0 Å². The average molecular weight is 218 g/mol. The molecule has 0 spiro atoms. The first-order chi connectivity index (χ1) is 7.75. The standard InChI is InChI=1S/C12H14N2O2/c15-12(16)10-3-4-13-6-11(10)14-7-8-1-2-9(14)5-8/h3-4,6,8-9H,1-2,5,7H2,(H,15,16). The number of fused-ring (bicyclic) bond motifs is 2. The fourth-order valence-electron chi connectivity index (χ4n) is 3.02. The van der Waals surface area contributed by atoms with Crippen LogP contribution in [0, 0.1) is 5.92 Å². The second-order valence-corrected chi connectivity index (χ2v) is 4.68. The molecule has 1 aromatic rings. The van der Waals surface area contributed by atoms with Crippen molar-refractivity contribution in [1.29, 1.82) is 0 Å². The van der Waals surface area contributed by atoms with Crippen LogP contribution >= 0.6 is 0 Å². The lowest BCUT2D eigenvalue weighted by atomic mass is 10.1. The van der Waals surface area contributed by atoms with Crippen LogP contribution in [0.4, 0.5) is 5.69 Å². The van der Waals surface area contributed by atoms with Crippen LogP contribution in [0.15, 0.2) is 18.5 Å². The molecule has 0 amide bonds. The van der Waals surface area contributed by atoms with Crippen molar-refractivity contribution < 1.29 is 9.90 Å². The zero-order chi connectivity index (χ0) is 11.1. The van der Waals surface area contributed by atoms with Crippen molar-refractivity contribution in [3.63, 3.8) is 0 Å². The van der Waals surface area contributed by atoms with Gasteiger partial charge in [-0.2, -0.15) is 0 Å². The molecule has 2 heterocycles. The molecule has 2 fully saturated rings. The van der Waals surface area contributed by atoms with Crippen LogP contribution in [0.5, 0.6) is 0 Å². The minimum absolute atomic E-state index is 0.377. The first-order valence-corrected chi connectivity index (χ1v) is 5.69. The molecular weight excluding hydrogens is 204 g/mol. The van der Waals surface area contributed by atoms with E-state index in [1.54, 1.807) is 18.5 Å². The number of carboxylic acid groups (broad SMARTS) is 1. The van der Waals surface area contributed by atoms with Crippen LogP contribution in [-0.2, 0) is 0 Å². The fourth-order valence-corrected chi connectivity index (χ4v) is 3.02. The van der Waals surface area contributed by atoms with Gasteiger partial charge in [0.15, 0.2) is 0 Å². The summed E-state index contributed by atoms with van der Waals surface area (Å²) >= 11 is 0. The first kappa shape index (κ1) is 9.63. The van der Waals surface area contributed by atoms with E-state index < -0.39 is 5.97 Å². The molecule has 16 heavy (non-hydrogen) atoms. The van der Waals surface area contributed by atoms with E-state index in [4.69, 9.17) is 5.11 Å². The quantitative estimate of drug-likeness (QED) is 0.822. The Labute approximate surface area is 93.9 Å². The van der Waals surface area contributed by atoms with Gasteiger partial charge in [0.25, 0.3) is 0 Å². The highest BCUT2D eigenvalue weighted by molar-refractivity contribution is 5.94. The minimum atomic E-state index is -0.861. The highest BCUT2D eigenvalue weighted by Gasteiger charge is 2.39. The van der Waals surface area contributed by atoms with E-state index in [1.807, 2.05) is 0 Å². The monoisotopic (exact) mass is 218 g/mol. The topological polar surface area (TPSA) is 53.4 Å². The van der Waals surface area contributed by atoms with Gasteiger partial charge in [0.05, 0.1) is 17.4 Å². The van der Waals surface area contributed by atoms with E-state index >= 15 is 0 Å². The minimum Gasteiger partial charge on any atom is -0.478 e. The third kappa shape index (κ3) is 1.37. The fraction of sp³-hybridized carbons (Fsp3) is 0.500. The maximum atomic E-state index is 11.1.